The molecule has 6 heteroatoms. The van der Waals surface area contributed by atoms with Crippen molar-refractivity contribution in [3.8, 4) is 0 Å². The van der Waals surface area contributed by atoms with Crippen molar-refractivity contribution in [3.63, 3.8) is 0 Å². The summed E-state index contributed by atoms with van der Waals surface area (Å²) < 4.78 is 0. The minimum atomic E-state index is -0.0838. The highest BCUT2D eigenvalue weighted by Crippen LogP contribution is 2.18. The van der Waals surface area contributed by atoms with Gasteiger partial charge < -0.3 is 10.2 Å². The minimum absolute atomic E-state index is 0.0838. The van der Waals surface area contributed by atoms with E-state index in [1.54, 1.807) is 17.4 Å². The molecule has 2 heterocycles. The molecule has 0 atom stereocenters. The number of nitrogens with one attached hydrogen (secondary N) is 1. The maximum atomic E-state index is 12.1. The third kappa shape index (κ3) is 4.89. The summed E-state index contributed by atoms with van der Waals surface area (Å²) in [4.78, 5) is 15.3. The molecule has 26 heavy (non-hydrogen) atoms. The molecule has 134 valence electrons. The van der Waals surface area contributed by atoms with Gasteiger partial charge in [0.1, 0.15) is 0 Å². The molecule has 1 aromatic carbocycles. The van der Waals surface area contributed by atoms with Gasteiger partial charge in [-0.1, -0.05) is 36.4 Å². The summed E-state index contributed by atoms with van der Waals surface area (Å²) in [7, 11) is 0. The van der Waals surface area contributed by atoms with E-state index in [1.807, 2.05) is 41.8 Å². The van der Waals surface area contributed by atoms with Gasteiger partial charge in [-0.25, -0.2) is 0 Å². The molecule has 0 spiro atoms. The molecule has 5 nitrogen and oxygen atoms in total. The summed E-state index contributed by atoms with van der Waals surface area (Å²) >= 11 is 1.57. The van der Waals surface area contributed by atoms with Crippen molar-refractivity contribution in [1.29, 1.82) is 0 Å². The summed E-state index contributed by atoms with van der Waals surface area (Å²) in [5, 5.41) is 13.2. The molecule has 2 aromatic heterocycles. The Morgan fingerprint density at radius 3 is 2.50 bits per heavy atom. The second kappa shape index (κ2) is 8.58. The van der Waals surface area contributed by atoms with E-state index < -0.39 is 0 Å². The Bertz CT molecular complexity index is 817. The van der Waals surface area contributed by atoms with Crippen molar-refractivity contribution in [3.05, 3.63) is 70.4 Å². The van der Waals surface area contributed by atoms with Crippen LogP contribution in [0.2, 0.25) is 0 Å². The Balaban J connectivity index is 1.65. The Hall–Kier alpha value is -2.73. The maximum absolute atomic E-state index is 12.1. The van der Waals surface area contributed by atoms with Crippen molar-refractivity contribution in [2.45, 2.75) is 32.9 Å². The molecule has 0 unspecified atom stereocenters. The number of rotatable bonds is 7. The zero-order valence-electron chi connectivity index (χ0n) is 14.9. The molecule has 0 bridgehead atoms. The lowest BCUT2D eigenvalue weighted by Gasteiger charge is -2.27. The van der Waals surface area contributed by atoms with Gasteiger partial charge in [0.2, 0.25) is 5.91 Å². The molecule has 0 saturated carbocycles. The third-order valence-corrected chi connectivity index (χ3v) is 4.82. The fourth-order valence-corrected chi connectivity index (χ4v) is 3.32. The van der Waals surface area contributed by atoms with E-state index in [4.69, 9.17) is 0 Å². The molecule has 3 aromatic rings. The van der Waals surface area contributed by atoms with Crippen LogP contribution in [0.3, 0.4) is 0 Å². The van der Waals surface area contributed by atoms with E-state index in [9.17, 15) is 4.79 Å². The summed E-state index contributed by atoms with van der Waals surface area (Å²) in [6.45, 7) is 5.01. The van der Waals surface area contributed by atoms with Gasteiger partial charge in [0, 0.05) is 17.5 Å². The predicted octanol–water partition coefficient (Wildman–Crippen LogP) is 4.13. The smallest absolute Gasteiger partial charge is 0.230 e. The number of hydrogen-bond acceptors (Lipinski definition) is 5. The summed E-state index contributed by atoms with van der Waals surface area (Å²) in [5.41, 5.74) is 1.22. The van der Waals surface area contributed by atoms with Gasteiger partial charge in [-0.2, -0.15) is 0 Å². The van der Waals surface area contributed by atoms with Crippen LogP contribution in [0.25, 0.3) is 0 Å². The van der Waals surface area contributed by atoms with Gasteiger partial charge in [-0.3, -0.25) is 4.79 Å². The molecule has 0 fully saturated rings. The normalized spacial score (nSPS) is 10.7. The summed E-state index contributed by atoms with van der Waals surface area (Å²) in [5.74, 6) is 1.18. The van der Waals surface area contributed by atoms with E-state index >= 15 is 0 Å². The lowest BCUT2D eigenvalue weighted by atomic mass is 10.2. The number of amides is 1. The standard InChI is InChI=1S/C20H22N4OS/c1-15(2)24(14-16-7-4-3-5-8-16)19-11-10-18(22-23-19)21-20(25)13-17-9-6-12-26-17/h3-12,15H,13-14H2,1-2H3,(H,21,22,25). The number of thiophene rings is 1. The number of anilines is 2. The predicted molar refractivity (Wildman–Crippen MR) is 106 cm³/mol. The zero-order valence-corrected chi connectivity index (χ0v) is 15.7. The first-order valence-corrected chi connectivity index (χ1v) is 9.46. The molecule has 0 saturated heterocycles. The van der Waals surface area contributed by atoms with Crippen LogP contribution < -0.4 is 10.2 Å². The maximum Gasteiger partial charge on any atom is 0.230 e. The lowest BCUT2D eigenvalue weighted by molar-refractivity contribution is -0.115. The van der Waals surface area contributed by atoms with E-state index in [2.05, 4.69) is 46.4 Å². The van der Waals surface area contributed by atoms with Gasteiger partial charge in [0.25, 0.3) is 0 Å². The van der Waals surface area contributed by atoms with Gasteiger partial charge >= 0.3 is 0 Å². The van der Waals surface area contributed by atoms with Crippen molar-refractivity contribution < 1.29 is 4.79 Å². The Morgan fingerprint density at radius 2 is 1.88 bits per heavy atom. The van der Waals surface area contributed by atoms with E-state index in [-0.39, 0.29) is 11.9 Å². The molecule has 0 aliphatic carbocycles. The molecule has 0 radical (unpaired) electrons. The highest BCUT2D eigenvalue weighted by atomic mass is 32.1. The number of nitrogens with zero attached hydrogens (tertiary/aromatic N) is 3. The first kappa shape index (κ1) is 18.1. The molecular formula is C20H22N4OS. The average Bonchev–Trinajstić information content (AvgIpc) is 3.14. The average molecular weight is 366 g/mol. The second-order valence-corrected chi connectivity index (χ2v) is 7.32. The van der Waals surface area contributed by atoms with E-state index in [0.29, 0.717) is 12.2 Å². The highest BCUT2D eigenvalue weighted by molar-refractivity contribution is 7.10. The Morgan fingerprint density at radius 1 is 1.08 bits per heavy atom. The van der Waals surface area contributed by atoms with E-state index in [1.165, 1.54) is 5.56 Å². The molecule has 1 amide bonds. The van der Waals surface area contributed by atoms with Crippen molar-refractivity contribution >= 4 is 28.9 Å². The number of benzene rings is 1. The Kier molecular flexibility index (Phi) is 5.96. The van der Waals surface area contributed by atoms with Crippen LogP contribution >= 0.6 is 11.3 Å². The molecular weight excluding hydrogens is 344 g/mol. The van der Waals surface area contributed by atoms with Crippen LogP contribution in [0.1, 0.15) is 24.3 Å². The fourth-order valence-electron chi connectivity index (χ4n) is 2.61. The second-order valence-electron chi connectivity index (χ2n) is 6.29. The van der Waals surface area contributed by atoms with Crippen molar-refractivity contribution in [2.75, 3.05) is 10.2 Å². The van der Waals surface area contributed by atoms with Crippen LogP contribution in [0.5, 0.6) is 0 Å². The van der Waals surface area contributed by atoms with Crippen LogP contribution in [-0.4, -0.2) is 22.1 Å². The number of aromatic nitrogens is 2. The first-order chi connectivity index (χ1) is 12.6. The van der Waals surface area contributed by atoms with Crippen LogP contribution in [0.4, 0.5) is 11.6 Å². The zero-order chi connectivity index (χ0) is 18.4. The summed E-state index contributed by atoms with van der Waals surface area (Å²) in [6, 6.07) is 18.1. The van der Waals surface area contributed by atoms with Gasteiger partial charge in [-0.05, 0) is 43.0 Å². The largest absolute Gasteiger partial charge is 0.348 e. The fraction of sp³-hybridized carbons (Fsp3) is 0.250. The van der Waals surface area contributed by atoms with Crippen LogP contribution in [0, 0.1) is 0 Å². The SMILES string of the molecule is CC(C)N(Cc1ccccc1)c1ccc(NC(=O)Cc2cccs2)nn1. The van der Waals surface area contributed by atoms with Gasteiger partial charge in [0.05, 0.1) is 6.42 Å². The molecule has 1 N–H and O–H groups in total. The number of carbonyl (C=O) groups is 1. The highest BCUT2D eigenvalue weighted by Gasteiger charge is 2.14. The molecule has 0 aliphatic rings. The Labute approximate surface area is 157 Å². The van der Waals surface area contributed by atoms with Crippen molar-refractivity contribution in [1.82, 2.24) is 10.2 Å². The minimum Gasteiger partial charge on any atom is -0.348 e. The van der Waals surface area contributed by atoms with Crippen LogP contribution in [-0.2, 0) is 17.8 Å². The summed E-state index contributed by atoms with van der Waals surface area (Å²) in [6.07, 6.45) is 0.354. The quantitative estimate of drug-likeness (QED) is 0.683. The molecule has 0 aliphatic heterocycles. The lowest BCUT2D eigenvalue weighted by Crippen LogP contribution is -2.31. The van der Waals surface area contributed by atoms with E-state index in [0.717, 1.165) is 17.2 Å². The molecule has 3 rings (SSSR count). The monoisotopic (exact) mass is 366 g/mol. The topological polar surface area (TPSA) is 58.1 Å². The van der Waals surface area contributed by atoms with Gasteiger partial charge in [0.15, 0.2) is 11.6 Å². The van der Waals surface area contributed by atoms with Gasteiger partial charge in [-0.15, -0.1) is 21.5 Å². The first-order valence-electron chi connectivity index (χ1n) is 8.58. The van der Waals surface area contributed by atoms with Crippen molar-refractivity contribution in [2.24, 2.45) is 0 Å². The number of hydrogen-bond donors (Lipinski definition) is 1. The van der Waals surface area contributed by atoms with Crippen LogP contribution in [0.15, 0.2) is 60.0 Å². The number of carbonyl (C=O) groups excluding carboxylic acids is 1. The third-order valence-electron chi connectivity index (χ3n) is 3.95.